The molecule has 0 amide bonds. The zero-order valence-corrected chi connectivity index (χ0v) is 12.0. The molecule has 0 spiro atoms. The average Bonchev–Trinajstić information content (AvgIpc) is 1.96. The molecule has 0 rings (SSSR count). The Morgan fingerprint density at radius 1 is 0.667 bits per heavy atom. The normalized spacial score (nSPS) is 18.7. The van der Waals surface area contributed by atoms with E-state index in [0.29, 0.717) is 0 Å². The van der Waals surface area contributed by atoms with Gasteiger partial charge in [0.25, 0.3) is 3.79 Å². The van der Waals surface area contributed by atoms with Crippen molar-refractivity contribution in [1.82, 2.24) is 0 Å². The number of halogens is 12. The maximum Gasteiger partial charge on any atom is 0.427 e. The van der Waals surface area contributed by atoms with Crippen LogP contribution in [0.2, 0.25) is 0 Å². The average molecular weight is 403 g/mol. The van der Waals surface area contributed by atoms with Crippen LogP contribution >= 0.6 is 69.6 Å². The third kappa shape index (κ3) is 3.90. The van der Waals surface area contributed by atoms with Crippen LogP contribution in [0.4, 0.5) is 26.3 Å². The first-order valence-corrected chi connectivity index (χ1v) is 5.69. The van der Waals surface area contributed by atoms with Crippen molar-refractivity contribution < 1.29 is 31.1 Å². The monoisotopic (exact) mass is 400 g/mol. The molecule has 0 aliphatic carbocycles. The fraction of sp³-hybridized carbons (Fsp3) is 1.00. The largest absolute Gasteiger partial charge is 0.427 e. The van der Waals surface area contributed by atoms with Crippen molar-refractivity contribution in [2.24, 2.45) is 0 Å². The predicted molar refractivity (Wildman–Crippen MR) is 56.5 cm³/mol. The lowest BCUT2D eigenvalue weighted by Crippen LogP contribution is -2.56. The molecule has 0 aliphatic rings. The van der Waals surface area contributed by atoms with Crippen LogP contribution in [-0.4, -0.2) is 25.7 Å². The Bertz CT molecular complexity index is 309. The minimum absolute atomic E-state index is 2.70. The second kappa shape index (κ2) is 5.24. The van der Waals surface area contributed by atoms with E-state index in [1.165, 1.54) is 0 Å². The summed E-state index contributed by atoms with van der Waals surface area (Å²) in [5.74, 6) is -5.56. The Morgan fingerprint density at radius 2 is 1.00 bits per heavy atom. The highest BCUT2D eigenvalue weighted by Gasteiger charge is 2.73. The Kier molecular flexibility index (Phi) is 5.61. The van der Waals surface area contributed by atoms with Gasteiger partial charge in [-0.05, 0) is 11.6 Å². The van der Waals surface area contributed by atoms with E-state index >= 15 is 0 Å². The summed E-state index contributed by atoms with van der Waals surface area (Å²) < 4.78 is 71.7. The molecule has 0 aromatic rings. The molecule has 0 bridgehead atoms. The van der Waals surface area contributed by atoms with Crippen molar-refractivity contribution >= 4 is 69.6 Å². The molecule has 0 aromatic heterocycles. The minimum atomic E-state index is -5.82. The van der Waals surface area contributed by atoms with Gasteiger partial charge < -0.3 is 0 Å². The van der Waals surface area contributed by atoms with Gasteiger partial charge in [-0.3, -0.25) is 4.74 Å². The van der Waals surface area contributed by atoms with Crippen LogP contribution in [0.1, 0.15) is 0 Å². The number of ether oxygens (including phenoxy) is 1. The molecule has 0 saturated heterocycles. The van der Waals surface area contributed by atoms with E-state index in [1.807, 2.05) is 0 Å². The highest BCUT2D eigenvalue weighted by atomic mass is 35.6. The van der Waals surface area contributed by atoms with Crippen LogP contribution in [0.25, 0.3) is 0 Å². The molecule has 0 aromatic carbocycles. The number of hydrogen-bond acceptors (Lipinski definition) is 1. The van der Waals surface area contributed by atoms with Gasteiger partial charge in [0.15, 0.2) is 0 Å². The first-order chi connectivity index (χ1) is 7.46. The van der Waals surface area contributed by atoms with Gasteiger partial charge in [0, 0.05) is 0 Å². The van der Waals surface area contributed by atoms with Crippen LogP contribution in [0, 0.1) is 0 Å². The summed E-state index contributed by atoms with van der Waals surface area (Å²) in [5.41, 5.74) is 0. The van der Waals surface area contributed by atoms with E-state index in [9.17, 15) is 26.3 Å². The summed E-state index contributed by atoms with van der Waals surface area (Å²) in [6.45, 7) is 0. The van der Waals surface area contributed by atoms with Gasteiger partial charge in [-0.15, -0.1) is 0 Å². The van der Waals surface area contributed by atoms with E-state index < -0.39 is 25.7 Å². The molecule has 1 unspecified atom stereocenters. The number of alkyl halides is 12. The first kappa shape index (κ1) is 19.3. The maximum atomic E-state index is 13.0. The second-order valence-electron chi connectivity index (χ2n) is 2.71. The number of rotatable bonds is 4. The molecule has 0 saturated carbocycles. The van der Waals surface area contributed by atoms with E-state index in [-0.39, 0.29) is 0 Å². The lowest BCUT2D eigenvalue weighted by molar-refractivity contribution is -0.389. The molecule has 13 heteroatoms. The molecular weight excluding hydrogens is 403 g/mol. The van der Waals surface area contributed by atoms with Gasteiger partial charge in [0.2, 0.25) is 0 Å². The molecular formula is C5Cl6F6O. The summed E-state index contributed by atoms with van der Waals surface area (Å²) in [6.07, 6.45) is -5.82. The smallest absolute Gasteiger partial charge is 0.259 e. The van der Waals surface area contributed by atoms with Crippen molar-refractivity contribution in [3.05, 3.63) is 0 Å². The minimum Gasteiger partial charge on any atom is -0.259 e. The lowest BCUT2D eigenvalue weighted by atomic mass is 10.3. The lowest BCUT2D eigenvalue weighted by Gasteiger charge is -2.34. The summed E-state index contributed by atoms with van der Waals surface area (Å²) in [6, 6.07) is 0. The molecule has 0 fully saturated rings. The van der Waals surface area contributed by atoms with E-state index in [0.717, 1.165) is 0 Å². The Labute approximate surface area is 126 Å². The van der Waals surface area contributed by atoms with Gasteiger partial charge in [-0.2, -0.15) is 26.3 Å². The second-order valence-corrected chi connectivity index (χ2v) is 6.71. The van der Waals surface area contributed by atoms with E-state index in [4.69, 9.17) is 0 Å². The summed E-state index contributed by atoms with van der Waals surface area (Å²) in [5, 5.41) is -4.72. The van der Waals surface area contributed by atoms with E-state index in [2.05, 4.69) is 74.3 Å². The highest BCUT2D eigenvalue weighted by Crippen LogP contribution is 2.55. The van der Waals surface area contributed by atoms with Gasteiger partial charge in [-0.1, -0.05) is 58.0 Å². The van der Waals surface area contributed by atoms with Crippen LogP contribution in [-0.2, 0) is 4.74 Å². The molecule has 110 valence electrons. The van der Waals surface area contributed by atoms with Gasteiger partial charge in [0.1, 0.15) is 0 Å². The van der Waals surface area contributed by atoms with Crippen LogP contribution in [0.3, 0.4) is 0 Å². The van der Waals surface area contributed by atoms with Crippen molar-refractivity contribution in [2.75, 3.05) is 0 Å². The molecule has 1 atom stereocenters. The topological polar surface area (TPSA) is 9.23 Å². The molecule has 0 aliphatic heterocycles. The molecule has 1 nitrogen and oxygen atoms in total. The predicted octanol–water partition coefficient (Wildman–Crippen LogP) is 5.56. The van der Waals surface area contributed by atoms with Crippen LogP contribution in [0.5, 0.6) is 0 Å². The SMILES string of the molecule is FC(Cl)(Cl)C(F)(Cl)OC(F)(F)C(F)(F)C(Cl)(Cl)Cl. The fourth-order valence-electron chi connectivity index (χ4n) is 0.448. The van der Waals surface area contributed by atoms with Gasteiger partial charge >= 0.3 is 21.9 Å². The van der Waals surface area contributed by atoms with E-state index in [1.54, 1.807) is 0 Å². The van der Waals surface area contributed by atoms with Gasteiger partial charge in [0.05, 0.1) is 0 Å². The van der Waals surface area contributed by atoms with Crippen LogP contribution < -0.4 is 0 Å². The van der Waals surface area contributed by atoms with Crippen LogP contribution in [0.15, 0.2) is 0 Å². The third-order valence-corrected chi connectivity index (χ3v) is 3.04. The summed E-state index contributed by atoms with van der Waals surface area (Å²) in [7, 11) is 0. The molecule has 0 radical (unpaired) electrons. The molecule has 0 N–H and O–H groups in total. The van der Waals surface area contributed by atoms with Crippen molar-refractivity contribution in [3.63, 3.8) is 0 Å². The van der Waals surface area contributed by atoms with Crippen molar-refractivity contribution in [2.45, 2.75) is 25.7 Å². The number of hydrogen-bond donors (Lipinski definition) is 0. The quantitative estimate of drug-likeness (QED) is 0.441. The first-order valence-electron chi connectivity index (χ1n) is 3.43. The Balaban J connectivity index is 5.33. The summed E-state index contributed by atoms with van der Waals surface area (Å²) >= 11 is 26.8. The standard InChI is InChI=1S/C5Cl6F6O/c6-2(7,8)1(12,13)5(16,17)18-4(11,15)3(9,10)14. The third-order valence-electron chi connectivity index (χ3n) is 1.31. The highest BCUT2D eigenvalue weighted by molar-refractivity contribution is 6.68. The molecule has 18 heavy (non-hydrogen) atoms. The maximum absolute atomic E-state index is 13.0. The zero-order chi connectivity index (χ0) is 15.2. The Morgan fingerprint density at radius 3 is 1.22 bits per heavy atom. The summed E-state index contributed by atoms with van der Waals surface area (Å²) in [4.78, 5) is 0. The fourth-order valence-corrected chi connectivity index (χ4v) is 0.952. The van der Waals surface area contributed by atoms with Crippen molar-refractivity contribution in [3.8, 4) is 0 Å². The van der Waals surface area contributed by atoms with Gasteiger partial charge in [-0.25, -0.2) is 0 Å². The zero-order valence-electron chi connectivity index (χ0n) is 7.44. The van der Waals surface area contributed by atoms with Crippen molar-refractivity contribution in [1.29, 1.82) is 0 Å². The Hall–Kier alpha value is 1.28. The molecule has 0 heterocycles.